The molecular weight excluding hydrogens is 588 g/mol. The van der Waals surface area contributed by atoms with Gasteiger partial charge in [0.05, 0.1) is 20.1 Å². The predicted molar refractivity (Wildman–Crippen MR) is 162 cm³/mol. The molecule has 2 rings (SSSR count). The van der Waals surface area contributed by atoms with Crippen LogP contribution in [0.25, 0.3) is 0 Å². The van der Waals surface area contributed by atoms with Crippen LogP contribution < -0.4 is 4.74 Å². The zero-order valence-electron chi connectivity index (χ0n) is 27.2. The molecule has 0 aliphatic carbocycles. The number of benzene rings is 1. The molecule has 0 amide bonds. The number of carbonyl (C=O) groups excluding carboxylic acids is 5. The molecule has 1 aromatic carbocycles. The third-order valence-electron chi connectivity index (χ3n) is 7.14. The van der Waals surface area contributed by atoms with Crippen LogP contribution in [0, 0.1) is 12.8 Å². The van der Waals surface area contributed by atoms with E-state index in [9.17, 15) is 29.1 Å². The van der Waals surface area contributed by atoms with Gasteiger partial charge in [-0.3, -0.25) is 19.2 Å². The summed E-state index contributed by atoms with van der Waals surface area (Å²) in [6, 6.07) is 0. The Hall–Kier alpha value is -4.09. The van der Waals surface area contributed by atoms with E-state index in [0.29, 0.717) is 36.1 Å². The molecule has 0 aromatic heterocycles. The third-order valence-corrected chi connectivity index (χ3v) is 7.14. The molecular formula is C33H46O12. The number of hydrogen-bond acceptors (Lipinski definition) is 12. The van der Waals surface area contributed by atoms with Gasteiger partial charge >= 0.3 is 29.8 Å². The minimum absolute atomic E-state index is 0.00604. The maximum absolute atomic E-state index is 12.5. The van der Waals surface area contributed by atoms with Crippen molar-refractivity contribution >= 4 is 29.8 Å². The van der Waals surface area contributed by atoms with E-state index in [2.05, 4.69) is 0 Å². The fourth-order valence-corrected chi connectivity index (χ4v) is 4.63. The molecule has 12 nitrogen and oxygen atoms in total. The number of hydrogen-bond donors (Lipinski definition) is 1. The van der Waals surface area contributed by atoms with Crippen molar-refractivity contribution in [1.29, 1.82) is 0 Å². The number of allylic oxidation sites excluding steroid dienone is 2. The Morgan fingerprint density at radius 2 is 1.49 bits per heavy atom. The Bertz CT molecular complexity index is 1230. The van der Waals surface area contributed by atoms with E-state index in [-0.39, 0.29) is 75.8 Å². The van der Waals surface area contributed by atoms with Gasteiger partial charge in [0.15, 0.2) is 6.10 Å². The lowest BCUT2D eigenvalue weighted by Crippen LogP contribution is -2.31. The first-order valence-electron chi connectivity index (χ1n) is 15.3. The Kier molecular flexibility index (Phi) is 15.4. The molecule has 1 unspecified atom stereocenters. The molecule has 250 valence electrons. The monoisotopic (exact) mass is 634 g/mol. The summed E-state index contributed by atoms with van der Waals surface area (Å²) in [5.74, 6) is -2.51. The second-order valence-corrected chi connectivity index (χ2v) is 11.1. The third kappa shape index (κ3) is 11.7. The van der Waals surface area contributed by atoms with Gasteiger partial charge in [-0.25, -0.2) is 4.79 Å². The number of esters is 5. The number of phenols is 1. The van der Waals surface area contributed by atoms with E-state index in [1.165, 1.54) is 7.11 Å². The molecule has 0 saturated heterocycles. The molecule has 0 fully saturated rings. The molecule has 45 heavy (non-hydrogen) atoms. The van der Waals surface area contributed by atoms with Gasteiger partial charge in [0.25, 0.3) is 0 Å². The molecule has 1 N–H and O–H groups in total. The number of ether oxygens (including phenoxy) is 6. The second kappa shape index (κ2) is 18.7. The molecule has 1 heterocycles. The molecule has 12 heteroatoms. The minimum Gasteiger partial charge on any atom is -0.507 e. The van der Waals surface area contributed by atoms with Crippen LogP contribution in [0.15, 0.2) is 11.6 Å². The smallest absolute Gasteiger partial charge is 0.342 e. The largest absolute Gasteiger partial charge is 0.507 e. The van der Waals surface area contributed by atoms with Crippen LogP contribution in [0.1, 0.15) is 99.7 Å². The SMILES string of the molecule is CCCC(=O)OCC(COC(=O)CCC)OC(=O)CC(C)COC(=O)CC/C(C)=C/Cc1c(O)c2c(c(C)c1OC)COC2=O. The van der Waals surface area contributed by atoms with Crippen molar-refractivity contribution in [1.82, 2.24) is 0 Å². The predicted octanol–water partition coefficient (Wildman–Crippen LogP) is 4.82. The number of carbonyl (C=O) groups is 5. The number of fused-ring (bicyclic) bond motifs is 1. The normalized spacial score (nSPS) is 13.1. The zero-order valence-corrected chi connectivity index (χ0v) is 27.2. The molecule has 1 aliphatic rings. The maximum Gasteiger partial charge on any atom is 0.342 e. The highest BCUT2D eigenvalue weighted by molar-refractivity contribution is 5.98. The van der Waals surface area contributed by atoms with Crippen molar-refractivity contribution in [2.24, 2.45) is 5.92 Å². The highest BCUT2D eigenvalue weighted by Gasteiger charge is 2.32. The first-order chi connectivity index (χ1) is 21.4. The topological polar surface area (TPSA) is 161 Å². The summed E-state index contributed by atoms with van der Waals surface area (Å²) in [5.41, 5.74) is 2.86. The molecule has 0 radical (unpaired) electrons. The van der Waals surface area contributed by atoms with E-state index in [1.54, 1.807) is 6.92 Å². The lowest BCUT2D eigenvalue weighted by molar-refractivity contribution is -0.167. The summed E-state index contributed by atoms with van der Waals surface area (Å²) in [6.45, 7) is 8.67. The first-order valence-corrected chi connectivity index (χ1v) is 15.3. The summed E-state index contributed by atoms with van der Waals surface area (Å²) >= 11 is 0. The summed E-state index contributed by atoms with van der Waals surface area (Å²) in [5, 5.41) is 10.8. The van der Waals surface area contributed by atoms with Crippen LogP contribution in [0.2, 0.25) is 0 Å². The van der Waals surface area contributed by atoms with Gasteiger partial charge in [-0.15, -0.1) is 0 Å². The van der Waals surface area contributed by atoms with Gasteiger partial charge in [-0.1, -0.05) is 32.4 Å². The quantitative estimate of drug-likeness (QED) is 0.126. The lowest BCUT2D eigenvalue weighted by Gasteiger charge is -2.19. The van der Waals surface area contributed by atoms with Crippen molar-refractivity contribution in [3.63, 3.8) is 0 Å². The Morgan fingerprint density at radius 1 is 0.911 bits per heavy atom. The van der Waals surface area contributed by atoms with Gasteiger partial charge in [-0.2, -0.15) is 0 Å². The van der Waals surface area contributed by atoms with Crippen molar-refractivity contribution in [3.8, 4) is 11.5 Å². The van der Waals surface area contributed by atoms with Crippen LogP contribution in [0.3, 0.4) is 0 Å². The minimum atomic E-state index is -0.944. The lowest BCUT2D eigenvalue weighted by atomic mass is 9.94. The number of rotatable bonds is 19. The van der Waals surface area contributed by atoms with Gasteiger partial charge < -0.3 is 33.5 Å². The van der Waals surface area contributed by atoms with E-state index in [0.717, 1.165) is 11.1 Å². The summed E-state index contributed by atoms with van der Waals surface area (Å²) < 4.78 is 31.6. The van der Waals surface area contributed by atoms with Crippen molar-refractivity contribution < 1.29 is 57.5 Å². The van der Waals surface area contributed by atoms with Crippen molar-refractivity contribution in [2.45, 2.75) is 98.7 Å². The van der Waals surface area contributed by atoms with E-state index >= 15 is 0 Å². The average molecular weight is 635 g/mol. The first kappa shape index (κ1) is 37.1. The standard InChI is InChI=1S/C33H46O12/c1-7-9-26(34)42-17-23(18-43-27(35)10-8-2)45-29(37)15-21(4)16-41-28(36)14-12-20(3)11-13-24-31(38)30-25(19-44-33(30)39)22(5)32(24)40-6/h11,21,23,38H,7-10,12-19H2,1-6H3/b20-11+. The van der Waals surface area contributed by atoms with E-state index in [4.69, 9.17) is 28.4 Å². The molecule has 0 spiro atoms. The zero-order chi connectivity index (χ0) is 33.5. The molecule has 1 atom stereocenters. The average Bonchev–Trinajstić information content (AvgIpc) is 3.39. The number of phenolic OH excluding ortho intramolecular Hbond substituents is 1. The number of cyclic esters (lactones) is 1. The highest BCUT2D eigenvalue weighted by Crippen LogP contribution is 2.42. The molecule has 1 aliphatic heterocycles. The Balaban J connectivity index is 1.83. The van der Waals surface area contributed by atoms with Crippen LogP contribution in [-0.2, 0) is 55.9 Å². The molecule has 1 aromatic rings. The van der Waals surface area contributed by atoms with Crippen LogP contribution in [0.4, 0.5) is 0 Å². The number of methoxy groups -OCH3 is 1. The van der Waals surface area contributed by atoms with Gasteiger partial charge in [0.1, 0.15) is 36.9 Å². The van der Waals surface area contributed by atoms with Crippen LogP contribution >= 0.6 is 0 Å². The van der Waals surface area contributed by atoms with Crippen LogP contribution in [-0.4, -0.2) is 68.0 Å². The summed E-state index contributed by atoms with van der Waals surface area (Å²) in [4.78, 5) is 60.5. The molecule has 0 saturated carbocycles. The fraction of sp³-hybridized carbons (Fsp3) is 0.606. The Morgan fingerprint density at radius 3 is 2.07 bits per heavy atom. The summed E-state index contributed by atoms with van der Waals surface area (Å²) in [6.07, 6.45) is 3.29. The Labute approximate surface area is 264 Å². The summed E-state index contributed by atoms with van der Waals surface area (Å²) in [7, 11) is 1.50. The highest BCUT2D eigenvalue weighted by atomic mass is 16.6. The second-order valence-electron chi connectivity index (χ2n) is 11.1. The van der Waals surface area contributed by atoms with E-state index in [1.807, 2.05) is 33.8 Å². The van der Waals surface area contributed by atoms with Gasteiger partial charge in [-0.05, 0) is 45.1 Å². The van der Waals surface area contributed by atoms with Crippen molar-refractivity contribution in [2.75, 3.05) is 26.9 Å². The van der Waals surface area contributed by atoms with Crippen molar-refractivity contribution in [3.05, 3.63) is 33.9 Å². The van der Waals surface area contributed by atoms with Gasteiger partial charge in [0.2, 0.25) is 0 Å². The van der Waals surface area contributed by atoms with Crippen LogP contribution in [0.5, 0.6) is 11.5 Å². The van der Waals surface area contributed by atoms with Gasteiger partial charge in [0, 0.05) is 36.3 Å². The maximum atomic E-state index is 12.5. The fourth-order valence-electron chi connectivity index (χ4n) is 4.63. The number of aromatic hydroxyl groups is 1. The molecule has 0 bridgehead atoms. The van der Waals surface area contributed by atoms with E-state index < -0.39 is 36.0 Å².